The number of aromatic nitrogens is 1. The van der Waals surface area contributed by atoms with E-state index in [1.54, 1.807) is 55.7 Å². The van der Waals surface area contributed by atoms with Crippen LogP contribution in [0.3, 0.4) is 0 Å². The van der Waals surface area contributed by atoms with E-state index in [0.29, 0.717) is 23.3 Å². The molecule has 4 heteroatoms. The molecule has 0 aliphatic carbocycles. The molecule has 4 nitrogen and oxygen atoms in total. The molecule has 0 atom stereocenters. The molecule has 0 fully saturated rings. The lowest BCUT2D eigenvalue weighted by Crippen LogP contribution is -2.07. The van der Waals surface area contributed by atoms with E-state index in [9.17, 15) is 4.79 Å². The van der Waals surface area contributed by atoms with Gasteiger partial charge in [0.1, 0.15) is 0 Å². The van der Waals surface area contributed by atoms with Gasteiger partial charge in [-0.15, -0.1) is 0 Å². The average Bonchev–Trinajstić information content (AvgIpc) is 2.54. The summed E-state index contributed by atoms with van der Waals surface area (Å²) in [6.07, 6.45) is 4.95. The third kappa shape index (κ3) is 3.77. The van der Waals surface area contributed by atoms with Crippen molar-refractivity contribution in [1.29, 1.82) is 5.26 Å². The van der Waals surface area contributed by atoms with Crippen molar-refractivity contribution in [3.05, 3.63) is 65.5 Å². The highest BCUT2D eigenvalue weighted by atomic mass is 16.5. The van der Waals surface area contributed by atoms with Crippen molar-refractivity contribution in [2.24, 2.45) is 0 Å². The zero-order chi connectivity index (χ0) is 15.1. The quantitative estimate of drug-likeness (QED) is 0.637. The number of esters is 1. The van der Waals surface area contributed by atoms with Crippen molar-refractivity contribution in [3.8, 4) is 6.07 Å². The maximum absolute atomic E-state index is 12.1. The van der Waals surface area contributed by atoms with Crippen molar-refractivity contribution in [2.45, 2.75) is 6.92 Å². The Morgan fingerprint density at radius 3 is 2.90 bits per heavy atom. The molecule has 0 aliphatic heterocycles. The van der Waals surface area contributed by atoms with Crippen LogP contribution in [0.25, 0.3) is 11.6 Å². The largest absolute Gasteiger partial charge is 0.462 e. The molecule has 1 aromatic heterocycles. The number of nitrogens with zero attached hydrogens (tertiary/aromatic N) is 2. The van der Waals surface area contributed by atoms with E-state index in [1.165, 1.54) is 0 Å². The van der Waals surface area contributed by atoms with Crippen LogP contribution in [0.5, 0.6) is 0 Å². The summed E-state index contributed by atoms with van der Waals surface area (Å²) in [6, 6.07) is 12.7. The fraction of sp³-hybridized carbons (Fsp3) is 0.118. The number of hydrogen-bond acceptors (Lipinski definition) is 4. The van der Waals surface area contributed by atoms with Crippen LogP contribution in [0, 0.1) is 11.3 Å². The summed E-state index contributed by atoms with van der Waals surface area (Å²) < 4.78 is 5.09. The summed E-state index contributed by atoms with van der Waals surface area (Å²) >= 11 is 0. The van der Waals surface area contributed by atoms with Crippen LogP contribution >= 0.6 is 0 Å². The molecule has 2 rings (SSSR count). The summed E-state index contributed by atoms with van der Waals surface area (Å²) in [4.78, 5) is 16.1. The Balaban J connectivity index is 2.46. The van der Waals surface area contributed by atoms with Gasteiger partial charge in [0.25, 0.3) is 0 Å². The van der Waals surface area contributed by atoms with Crippen LogP contribution in [-0.4, -0.2) is 17.6 Å². The summed E-state index contributed by atoms with van der Waals surface area (Å²) in [6.45, 7) is 2.06. The normalized spacial score (nSPS) is 10.8. The van der Waals surface area contributed by atoms with E-state index < -0.39 is 5.97 Å². The molecule has 104 valence electrons. The minimum absolute atomic E-state index is 0.300. The number of nitriles is 1. The minimum atomic E-state index is -0.409. The molecule has 0 radical (unpaired) electrons. The molecule has 0 amide bonds. The molecule has 0 saturated heterocycles. The van der Waals surface area contributed by atoms with Gasteiger partial charge in [-0.1, -0.05) is 18.2 Å². The number of hydrogen-bond donors (Lipinski definition) is 0. The summed E-state index contributed by atoms with van der Waals surface area (Å²) in [5.41, 5.74) is 2.40. The lowest BCUT2D eigenvalue weighted by atomic mass is 10.0. The van der Waals surface area contributed by atoms with Crippen molar-refractivity contribution in [3.63, 3.8) is 0 Å². The smallest absolute Gasteiger partial charge is 0.338 e. The molecule has 21 heavy (non-hydrogen) atoms. The van der Waals surface area contributed by atoms with Crippen LogP contribution in [0.2, 0.25) is 0 Å². The first-order valence-electron chi connectivity index (χ1n) is 6.54. The molecule has 1 heterocycles. The molecule has 0 aliphatic rings. The fourth-order valence-electron chi connectivity index (χ4n) is 1.86. The Kier molecular flexibility index (Phi) is 4.84. The number of rotatable bonds is 4. The van der Waals surface area contributed by atoms with Crippen LogP contribution in [0.1, 0.15) is 23.6 Å². The molecule has 0 saturated carbocycles. The van der Waals surface area contributed by atoms with Gasteiger partial charge in [-0.25, -0.2) is 4.79 Å². The first-order chi connectivity index (χ1) is 10.2. The van der Waals surface area contributed by atoms with Gasteiger partial charge in [-0.2, -0.15) is 5.26 Å². The number of carbonyl (C=O) groups excluding carboxylic acids is 1. The van der Waals surface area contributed by atoms with Crippen LogP contribution in [0.4, 0.5) is 0 Å². The average molecular weight is 278 g/mol. The Labute approximate surface area is 123 Å². The highest BCUT2D eigenvalue weighted by molar-refractivity contribution is 6.21. The lowest BCUT2D eigenvalue weighted by molar-refractivity contribution is -0.136. The molecule has 0 unspecified atom stereocenters. The van der Waals surface area contributed by atoms with E-state index in [-0.39, 0.29) is 0 Å². The van der Waals surface area contributed by atoms with E-state index in [4.69, 9.17) is 10.00 Å². The van der Waals surface area contributed by atoms with E-state index in [0.717, 1.165) is 5.56 Å². The van der Waals surface area contributed by atoms with E-state index in [1.807, 2.05) is 6.07 Å². The number of pyridine rings is 1. The molecule has 0 spiro atoms. The van der Waals surface area contributed by atoms with Crippen molar-refractivity contribution >= 4 is 17.6 Å². The Bertz CT molecular complexity index is 700. The van der Waals surface area contributed by atoms with Crippen molar-refractivity contribution in [2.75, 3.05) is 6.61 Å². The van der Waals surface area contributed by atoms with Gasteiger partial charge in [0.15, 0.2) is 0 Å². The van der Waals surface area contributed by atoms with Gasteiger partial charge in [0.2, 0.25) is 0 Å². The maximum Gasteiger partial charge on any atom is 0.338 e. The first-order valence-corrected chi connectivity index (χ1v) is 6.54. The third-order valence-electron chi connectivity index (χ3n) is 2.79. The van der Waals surface area contributed by atoms with Gasteiger partial charge < -0.3 is 4.74 Å². The summed E-state index contributed by atoms with van der Waals surface area (Å²) in [5, 5.41) is 8.93. The Morgan fingerprint density at radius 2 is 2.24 bits per heavy atom. The maximum atomic E-state index is 12.1. The molecular weight excluding hydrogens is 264 g/mol. The zero-order valence-electron chi connectivity index (χ0n) is 11.6. The molecule has 0 bridgehead atoms. The first kappa shape index (κ1) is 14.5. The molecule has 1 aromatic carbocycles. The predicted molar refractivity (Wildman–Crippen MR) is 79.9 cm³/mol. The predicted octanol–water partition coefficient (Wildman–Crippen LogP) is 3.06. The van der Waals surface area contributed by atoms with Gasteiger partial charge in [0.05, 0.1) is 23.8 Å². The van der Waals surface area contributed by atoms with E-state index in [2.05, 4.69) is 11.1 Å². The monoisotopic (exact) mass is 278 g/mol. The second-order valence-corrected chi connectivity index (χ2v) is 4.26. The zero-order valence-corrected chi connectivity index (χ0v) is 11.6. The van der Waals surface area contributed by atoms with Gasteiger partial charge in [-0.3, -0.25) is 4.98 Å². The molecular formula is C17H14N2O2. The van der Waals surface area contributed by atoms with Gasteiger partial charge >= 0.3 is 5.97 Å². The Morgan fingerprint density at radius 1 is 1.38 bits per heavy atom. The van der Waals surface area contributed by atoms with Crippen LogP contribution in [0.15, 0.2) is 48.8 Å². The summed E-state index contributed by atoms with van der Waals surface area (Å²) in [7, 11) is 0. The number of carbonyl (C=O) groups is 1. The van der Waals surface area contributed by atoms with Crippen LogP contribution in [-0.2, 0) is 9.53 Å². The van der Waals surface area contributed by atoms with E-state index >= 15 is 0 Å². The van der Waals surface area contributed by atoms with Crippen molar-refractivity contribution < 1.29 is 9.53 Å². The minimum Gasteiger partial charge on any atom is -0.462 e. The molecule has 0 N–H and O–H groups in total. The van der Waals surface area contributed by atoms with Crippen molar-refractivity contribution in [1.82, 2.24) is 4.98 Å². The highest BCUT2D eigenvalue weighted by Crippen LogP contribution is 2.19. The second kappa shape index (κ2) is 7.01. The van der Waals surface area contributed by atoms with Gasteiger partial charge in [-0.05, 0) is 36.8 Å². The number of benzene rings is 1. The van der Waals surface area contributed by atoms with Crippen LogP contribution < -0.4 is 0 Å². The standard InChI is InChI=1S/C17H14N2O2/c1-2-21-17(20)16(15-7-4-8-19-12-15)10-13-5-3-6-14(9-13)11-18/h3-10,12H,2H2,1H3/b16-10-. The Hall–Kier alpha value is -2.93. The SMILES string of the molecule is CCOC(=O)/C(=C\c1cccc(C#N)c1)c1cccnc1. The highest BCUT2D eigenvalue weighted by Gasteiger charge is 2.13. The van der Waals surface area contributed by atoms with Gasteiger partial charge in [0, 0.05) is 18.0 Å². The fourth-order valence-corrected chi connectivity index (χ4v) is 1.86. The third-order valence-corrected chi connectivity index (χ3v) is 2.79. The lowest BCUT2D eigenvalue weighted by Gasteiger charge is -2.07. The topological polar surface area (TPSA) is 63.0 Å². The number of ether oxygens (including phenoxy) is 1. The second-order valence-electron chi connectivity index (χ2n) is 4.26. The summed E-state index contributed by atoms with van der Waals surface area (Å²) in [5.74, 6) is -0.409. The molecule has 2 aromatic rings.